The van der Waals surface area contributed by atoms with Crippen LogP contribution in [0.1, 0.15) is 10.4 Å². The molecule has 0 bridgehead atoms. The van der Waals surface area contributed by atoms with Crippen molar-refractivity contribution in [1.82, 2.24) is 0 Å². The Morgan fingerprint density at radius 1 is 0.727 bits per heavy atom. The summed E-state index contributed by atoms with van der Waals surface area (Å²) < 4.78 is 20.5. The summed E-state index contributed by atoms with van der Waals surface area (Å²) in [5.41, 5.74) is 2.20. The van der Waals surface area contributed by atoms with E-state index in [2.05, 4.69) is 0 Å². The SMILES string of the molecule is COC(=O)c1ccc(-c2ccc(OC)c(OC)c2)cc1OC. The third-order valence-electron chi connectivity index (χ3n) is 3.32. The summed E-state index contributed by atoms with van der Waals surface area (Å²) in [5, 5.41) is 0. The van der Waals surface area contributed by atoms with Gasteiger partial charge in [-0.05, 0) is 35.4 Å². The first kappa shape index (κ1) is 15.7. The van der Waals surface area contributed by atoms with Gasteiger partial charge in [-0.15, -0.1) is 0 Å². The quantitative estimate of drug-likeness (QED) is 0.794. The molecule has 0 atom stereocenters. The van der Waals surface area contributed by atoms with E-state index in [1.54, 1.807) is 26.4 Å². The van der Waals surface area contributed by atoms with Gasteiger partial charge in [0, 0.05) is 0 Å². The number of benzene rings is 2. The zero-order valence-electron chi connectivity index (χ0n) is 13.0. The normalized spacial score (nSPS) is 10.0. The van der Waals surface area contributed by atoms with Gasteiger partial charge in [-0.2, -0.15) is 0 Å². The third kappa shape index (κ3) is 2.98. The summed E-state index contributed by atoms with van der Waals surface area (Å²) in [6.07, 6.45) is 0. The summed E-state index contributed by atoms with van der Waals surface area (Å²) >= 11 is 0. The molecule has 0 aliphatic rings. The van der Waals surface area contributed by atoms with E-state index in [1.807, 2.05) is 24.3 Å². The highest BCUT2D eigenvalue weighted by Gasteiger charge is 2.14. The predicted molar refractivity (Wildman–Crippen MR) is 82.9 cm³/mol. The molecule has 5 nitrogen and oxygen atoms in total. The molecule has 22 heavy (non-hydrogen) atoms. The highest BCUT2D eigenvalue weighted by molar-refractivity contribution is 5.93. The van der Waals surface area contributed by atoms with E-state index in [1.165, 1.54) is 14.2 Å². The Hall–Kier alpha value is -2.69. The molecule has 5 heteroatoms. The Bertz CT molecular complexity index is 679. The maximum Gasteiger partial charge on any atom is 0.341 e. The van der Waals surface area contributed by atoms with Crippen LogP contribution in [0.4, 0.5) is 0 Å². The molecule has 0 N–H and O–H groups in total. The second-order valence-corrected chi connectivity index (χ2v) is 4.48. The van der Waals surface area contributed by atoms with Crippen LogP contribution in [0.2, 0.25) is 0 Å². The van der Waals surface area contributed by atoms with Crippen LogP contribution in [0.25, 0.3) is 11.1 Å². The lowest BCUT2D eigenvalue weighted by atomic mass is 10.0. The zero-order valence-corrected chi connectivity index (χ0v) is 13.0. The molecule has 0 aromatic heterocycles. The van der Waals surface area contributed by atoms with Crippen molar-refractivity contribution in [1.29, 1.82) is 0 Å². The summed E-state index contributed by atoms with van der Waals surface area (Å²) in [4.78, 5) is 11.7. The van der Waals surface area contributed by atoms with E-state index >= 15 is 0 Å². The number of carbonyl (C=O) groups excluding carboxylic acids is 1. The second-order valence-electron chi connectivity index (χ2n) is 4.48. The fraction of sp³-hybridized carbons (Fsp3) is 0.235. The summed E-state index contributed by atoms with van der Waals surface area (Å²) in [6, 6.07) is 10.9. The second kappa shape index (κ2) is 6.85. The Labute approximate surface area is 129 Å². The molecule has 0 fully saturated rings. The first-order valence-electron chi connectivity index (χ1n) is 6.63. The molecule has 0 radical (unpaired) electrons. The molecular weight excluding hydrogens is 284 g/mol. The van der Waals surface area contributed by atoms with Crippen LogP contribution in [-0.2, 0) is 4.74 Å². The Kier molecular flexibility index (Phi) is 4.88. The first-order chi connectivity index (χ1) is 10.6. The lowest BCUT2D eigenvalue weighted by Gasteiger charge is -2.12. The average molecular weight is 302 g/mol. The minimum Gasteiger partial charge on any atom is -0.496 e. The standard InChI is InChI=1S/C17H18O5/c1-19-14-8-6-12(10-16(14)21-3)11-5-7-13(17(18)22-4)15(9-11)20-2/h5-10H,1-4H3. The average Bonchev–Trinajstić information content (AvgIpc) is 2.59. The largest absolute Gasteiger partial charge is 0.496 e. The molecule has 0 saturated heterocycles. The molecule has 0 heterocycles. The van der Waals surface area contributed by atoms with Crippen LogP contribution in [0.5, 0.6) is 17.2 Å². The Morgan fingerprint density at radius 3 is 1.82 bits per heavy atom. The molecule has 0 aliphatic carbocycles. The lowest BCUT2D eigenvalue weighted by molar-refractivity contribution is 0.0597. The molecule has 116 valence electrons. The third-order valence-corrected chi connectivity index (χ3v) is 3.32. The van der Waals surface area contributed by atoms with Gasteiger partial charge in [-0.1, -0.05) is 12.1 Å². The van der Waals surface area contributed by atoms with E-state index in [0.717, 1.165) is 11.1 Å². The summed E-state index contributed by atoms with van der Waals surface area (Å²) in [5.74, 6) is 1.32. The van der Waals surface area contributed by atoms with Crippen molar-refractivity contribution < 1.29 is 23.7 Å². The van der Waals surface area contributed by atoms with Crippen molar-refractivity contribution in [2.75, 3.05) is 28.4 Å². The van der Waals surface area contributed by atoms with Gasteiger partial charge in [0.15, 0.2) is 11.5 Å². The van der Waals surface area contributed by atoms with Gasteiger partial charge < -0.3 is 18.9 Å². The molecule has 0 saturated carbocycles. The van der Waals surface area contributed by atoms with Gasteiger partial charge in [0.05, 0.1) is 28.4 Å². The van der Waals surface area contributed by atoms with Crippen molar-refractivity contribution in [3.05, 3.63) is 42.0 Å². The van der Waals surface area contributed by atoms with Crippen molar-refractivity contribution >= 4 is 5.97 Å². The maximum absolute atomic E-state index is 11.7. The van der Waals surface area contributed by atoms with Crippen molar-refractivity contribution in [3.63, 3.8) is 0 Å². The van der Waals surface area contributed by atoms with Gasteiger partial charge in [0.2, 0.25) is 0 Å². The van der Waals surface area contributed by atoms with E-state index in [9.17, 15) is 4.79 Å². The Balaban J connectivity index is 2.47. The number of esters is 1. The number of rotatable bonds is 5. The fourth-order valence-electron chi connectivity index (χ4n) is 2.17. The molecule has 0 aliphatic heterocycles. The molecule has 2 rings (SSSR count). The van der Waals surface area contributed by atoms with Crippen molar-refractivity contribution in [3.8, 4) is 28.4 Å². The summed E-state index contributed by atoms with van der Waals surface area (Å²) in [7, 11) is 6.03. The number of ether oxygens (including phenoxy) is 4. The van der Waals surface area contributed by atoms with E-state index in [0.29, 0.717) is 22.8 Å². The number of hydrogen-bond donors (Lipinski definition) is 0. The van der Waals surface area contributed by atoms with Crippen molar-refractivity contribution in [2.45, 2.75) is 0 Å². The summed E-state index contributed by atoms with van der Waals surface area (Å²) in [6.45, 7) is 0. The smallest absolute Gasteiger partial charge is 0.341 e. The minimum atomic E-state index is -0.435. The maximum atomic E-state index is 11.7. The van der Waals surface area contributed by atoms with Gasteiger partial charge in [0.1, 0.15) is 11.3 Å². The van der Waals surface area contributed by atoms with E-state index in [-0.39, 0.29) is 0 Å². The zero-order chi connectivity index (χ0) is 16.1. The molecular formula is C17H18O5. The molecule has 2 aromatic rings. The first-order valence-corrected chi connectivity index (χ1v) is 6.63. The fourth-order valence-corrected chi connectivity index (χ4v) is 2.17. The van der Waals surface area contributed by atoms with Crippen LogP contribution in [0, 0.1) is 0 Å². The van der Waals surface area contributed by atoms with Crippen LogP contribution in [-0.4, -0.2) is 34.4 Å². The number of methoxy groups -OCH3 is 4. The van der Waals surface area contributed by atoms with Gasteiger partial charge in [0.25, 0.3) is 0 Å². The number of carbonyl (C=O) groups is 1. The molecule has 0 amide bonds. The van der Waals surface area contributed by atoms with Gasteiger partial charge in [-0.25, -0.2) is 4.79 Å². The monoisotopic (exact) mass is 302 g/mol. The number of hydrogen-bond acceptors (Lipinski definition) is 5. The lowest BCUT2D eigenvalue weighted by Crippen LogP contribution is -2.04. The van der Waals surface area contributed by atoms with Crippen LogP contribution >= 0.6 is 0 Å². The van der Waals surface area contributed by atoms with Crippen LogP contribution < -0.4 is 14.2 Å². The Morgan fingerprint density at radius 2 is 1.27 bits per heavy atom. The molecule has 0 spiro atoms. The van der Waals surface area contributed by atoms with Crippen LogP contribution in [0.15, 0.2) is 36.4 Å². The van der Waals surface area contributed by atoms with Gasteiger partial charge >= 0.3 is 5.97 Å². The molecule has 2 aromatic carbocycles. The highest BCUT2D eigenvalue weighted by atomic mass is 16.5. The van der Waals surface area contributed by atoms with Crippen LogP contribution in [0.3, 0.4) is 0 Å². The van der Waals surface area contributed by atoms with Gasteiger partial charge in [-0.3, -0.25) is 0 Å². The van der Waals surface area contributed by atoms with E-state index < -0.39 is 5.97 Å². The van der Waals surface area contributed by atoms with E-state index in [4.69, 9.17) is 18.9 Å². The minimum absolute atomic E-state index is 0.384. The van der Waals surface area contributed by atoms with Crippen molar-refractivity contribution in [2.24, 2.45) is 0 Å². The highest BCUT2D eigenvalue weighted by Crippen LogP contribution is 2.34. The topological polar surface area (TPSA) is 54.0 Å². The predicted octanol–water partition coefficient (Wildman–Crippen LogP) is 3.17. The molecule has 0 unspecified atom stereocenters.